The van der Waals surface area contributed by atoms with Crippen LogP contribution >= 0.6 is 22.9 Å². The van der Waals surface area contributed by atoms with E-state index in [-0.39, 0.29) is 12.2 Å². The Bertz CT molecular complexity index is 768. The van der Waals surface area contributed by atoms with Gasteiger partial charge in [-0.3, -0.25) is 14.8 Å². The number of thiophene rings is 1. The molecule has 96 valence electrons. The molecule has 0 fully saturated rings. The fourth-order valence-corrected chi connectivity index (χ4v) is 2.70. The Morgan fingerprint density at radius 3 is 3.05 bits per heavy atom. The van der Waals surface area contributed by atoms with Gasteiger partial charge in [-0.1, -0.05) is 11.6 Å². The summed E-state index contributed by atoms with van der Waals surface area (Å²) in [5.41, 5.74) is -0.0664. The Hall–Kier alpha value is -2.06. The minimum Gasteiger partial charge on any atom is -0.258 e. The Labute approximate surface area is 115 Å². The van der Waals surface area contributed by atoms with Crippen molar-refractivity contribution in [3.63, 3.8) is 0 Å². The topological polar surface area (TPSA) is 86.7 Å². The monoisotopic (exact) mass is 295 g/mol. The predicted molar refractivity (Wildman–Crippen MR) is 70.4 cm³/mol. The average molecular weight is 296 g/mol. The second-order valence-corrected chi connectivity index (χ2v) is 4.98. The van der Waals surface area contributed by atoms with E-state index in [0.29, 0.717) is 11.0 Å². The van der Waals surface area contributed by atoms with Gasteiger partial charge in [0, 0.05) is 5.39 Å². The molecule has 19 heavy (non-hydrogen) atoms. The summed E-state index contributed by atoms with van der Waals surface area (Å²) in [6.45, 7) is 0.237. The second kappa shape index (κ2) is 4.56. The molecule has 0 saturated heterocycles. The van der Waals surface area contributed by atoms with Gasteiger partial charge in [-0.25, -0.2) is 9.97 Å². The molecule has 0 spiro atoms. The van der Waals surface area contributed by atoms with Crippen LogP contribution in [0.15, 0.2) is 23.8 Å². The van der Waals surface area contributed by atoms with Crippen molar-refractivity contribution in [3.8, 4) is 0 Å². The van der Waals surface area contributed by atoms with Crippen LogP contribution in [-0.4, -0.2) is 24.7 Å². The molecular weight excluding hydrogens is 290 g/mol. The normalized spacial score (nSPS) is 11.0. The van der Waals surface area contributed by atoms with Gasteiger partial charge >= 0.3 is 5.69 Å². The van der Waals surface area contributed by atoms with Crippen LogP contribution in [0, 0.1) is 10.1 Å². The van der Waals surface area contributed by atoms with E-state index in [0.717, 1.165) is 10.2 Å². The predicted octanol–water partition coefficient (Wildman–Crippen LogP) is 2.50. The van der Waals surface area contributed by atoms with Crippen molar-refractivity contribution < 1.29 is 4.92 Å². The molecule has 0 aliphatic carbocycles. The molecule has 0 aliphatic rings. The van der Waals surface area contributed by atoms with Crippen molar-refractivity contribution in [2.24, 2.45) is 0 Å². The first kappa shape index (κ1) is 12.0. The first-order valence-electron chi connectivity index (χ1n) is 5.20. The van der Waals surface area contributed by atoms with Gasteiger partial charge in [0.25, 0.3) is 0 Å². The highest BCUT2D eigenvalue weighted by atomic mass is 35.5. The van der Waals surface area contributed by atoms with Gasteiger partial charge in [0.1, 0.15) is 28.9 Å². The van der Waals surface area contributed by atoms with Gasteiger partial charge in [0.05, 0.1) is 4.92 Å². The van der Waals surface area contributed by atoms with Gasteiger partial charge in [0.15, 0.2) is 5.82 Å². The van der Waals surface area contributed by atoms with Crippen LogP contribution in [0.4, 0.5) is 5.69 Å². The van der Waals surface area contributed by atoms with E-state index in [4.69, 9.17) is 11.6 Å². The first-order valence-corrected chi connectivity index (χ1v) is 6.46. The lowest BCUT2D eigenvalue weighted by Crippen LogP contribution is -2.04. The number of nitro groups is 1. The zero-order chi connectivity index (χ0) is 13.4. The van der Waals surface area contributed by atoms with E-state index >= 15 is 0 Å². The quantitative estimate of drug-likeness (QED) is 0.421. The lowest BCUT2D eigenvalue weighted by molar-refractivity contribution is -0.385. The number of rotatable bonds is 3. The van der Waals surface area contributed by atoms with Gasteiger partial charge in [-0.15, -0.1) is 11.3 Å². The summed E-state index contributed by atoms with van der Waals surface area (Å²) in [5, 5.41) is 17.5. The van der Waals surface area contributed by atoms with Crippen LogP contribution in [-0.2, 0) is 6.54 Å². The van der Waals surface area contributed by atoms with E-state index in [1.165, 1.54) is 28.4 Å². The van der Waals surface area contributed by atoms with E-state index < -0.39 is 4.92 Å². The van der Waals surface area contributed by atoms with Crippen molar-refractivity contribution >= 4 is 38.8 Å². The number of fused-ring (bicyclic) bond motifs is 1. The van der Waals surface area contributed by atoms with Gasteiger partial charge in [0.2, 0.25) is 0 Å². The molecule has 0 radical (unpaired) electrons. The molecule has 0 saturated carbocycles. The summed E-state index contributed by atoms with van der Waals surface area (Å²) in [6.07, 6.45) is 2.52. The molecule has 0 bridgehead atoms. The highest BCUT2D eigenvalue weighted by Gasteiger charge is 2.11. The molecule has 0 aliphatic heterocycles. The molecular formula is C10H6ClN5O2S. The number of hydrogen-bond donors (Lipinski definition) is 0. The third-order valence-electron chi connectivity index (χ3n) is 2.46. The van der Waals surface area contributed by atoms with Crippen LogP contribution in [0.2, 0.25) is 5.15 Å². The summed E-state index contributed by atoms with van der Waals surface area (Å²) in [4.78, 5) is 19.3. The molecule has 3 aromatic heterocycles. The SMILES string of the molecule is O=[N+]([O-])c1cnn(Cc2nc(Cl)c3ccsc3n2)c1. The van der Waals surface area contributed by atoms with Crippen molar-refractivity contribution in [2.45, 2.75) is 6.54 Å². The third kappa shape index (κ3) is 2.27. The van der Waals surface area contributed by atoms with Crippen LogP contribution in [0.25, 0.3) is 10.2 Å². The van der Waals surface area contributed by atoms with Crippen molar-refractivity contribution in [3.05, 3.63) is 44.9 Å². The first-order chi connectivity index (χ1) is 9.13. The fourth-order valence-electron chi connectivity index (χ4n) is 1.61. The fraction of sp³-hybridized carbons (Fsp3) is 0.100. The maximum atomic E-state index is 10.6. The Kier molecular flexibility index (Phi) is 2.88. The van der Waals surface area contributed by atoms with Crippen molar-refractivity contribution in [1.29, 1.82) is 0 Å². The van der Waals surface area contributed by atoms with Crippen molar-refractivity contribution in [1.82, 2.24) is 19.7 Å². The number of aromatic nitrogens is 4. The van der Waals surface area contributed by atoms with Crippen LogP contribution in [0.5, 0.6) is 0 Å². The molecule has 3 heterocycles. The Morgan fingerprint density at radius 1 is 1.47 bits per heavy atom. The minimum absolute atomic E-state index is 0.0664. The molecule has 9 heteroatoms. The highest BCUT2D eigenvalue weighted by molar-refractivity contribution is 7.16. The summed E-state index contributed by atoms with van der Waals surface area (Å²) >= 11 is 7.51. The molecule has 0 N–H and O–H groups in total. The van der Waals surface area contributed by atoms with Crippen LogP contribution in [0.3, 0.4) is 0 Å². The maximum absolute atomic E-state index is 10.6. The zero-order valence-electron chi connectivity index (χ0n) is 9.36. The summed E-state index contributed by atoms with van der Waals surface area (Å²) < 4.78 is 1.41. The molecule has 3 rings (SSSR count). The van der Waals surface area contributed by atoms with E-state index in [2.05, 4.69) is 15.1 Å². The second-order valence-electron chi connectivity index (χ2n) is 3.72. The number of halogens is 1. The highest BCUT2D eigenvalue weighted by Crippen LogP contribution is 2.24. The van der Waals surface area contributed by atoms with Crippen LogP contribution < -0.4 is 0 Å². The molecule has 0 atom stereocenters. The Morgan fingerprint density at radius 2 is 2.32 bits per heavy atom. The molecule has 7 nitrogen and oxygen atoms in total. The lowest BCUT2D eigenvalue weighted by atomic mass is 10.4. The minimum atomic E-state index is -0.500. The molecule has 0 amide bonds. The maximum Gasteiger partial charge on any atom is 0.307 e. The molecule has 0 aromatic carbocycles. The van der Waals surface area contributed by atoms with Gasteiger partial charge in [-0.2, -0.15) is 5.10 Å². The van der Waals surface area contributed by atoms with Crippen LogP contribution in [0.1, 0.15) is 5.82 Å². The Balaban J connectivity index is 1.93. The summed E-state index contributed by atoms with van der Waals surface area (Å²) in [5.74, 6) is 0.470. The van der Waals surface area contributed by atoms with E-state index in [1.807, 2.05) is 11.4 Å². The van der Waals surface area contributed by atoms with E-state index in [1.54, 1.807) is 0 Å². The summed E-state index contributed by atoms with van der Waals surface area (Å²) in [7, 11) is 0. The smallest absolute Gasteiger partial charge is 0.258 e. The largest absolute Gasteiger partial charge is 0.307 e. The lowest BCUT2D eigenvalue weighted by Gasteiger charge is -2.01. The number of hydrogen-bond acceptors (Lipinski definition) is 6. The van der Waals surface area contributed by atoms with Gasteiger partial charge in [-0.05, 0) is 11.4 Å². The average Bonchev–Trinajstić information content (AvgIpc) is 2.97. The van der Waals surface area contributed by atoms with E-state index in [9.17, 15) is 10.1 Å². The molecule has 3 aromatic rings. The summed E-state index contributed by atoms with van der Waals surface area (Å²) in [6, 6.07) is 1.85. The van der Waals surface area contributed by atoms with Gasteiger partial charge < -0.3 is 0 Å². The molecule has 0 unspecified atom stereocenters. The van der Waals surface area contributed by atoms with Crippen molar-refractivity contribution in [2.75, 3.05) is 0 Å². The third-order valence-corrected chi connectivity index (χ3v) is 3.55. The number of nitrogens with zero attached hydrogens (tertiary/aromatic N) is 5. The zero-order valence-corrected chi connectivity index (χ0v) is 10.9. The standard InChI is InChI=1S/C10H6ClN5O2S/c11-9-7-1-2-19-10(7)14-8(13-9)5-15-4-6(3-12-15)16(17)18/h1-4H,5H2.